The van der Waals surface area contributed by atoms with Gasteiger partial charge in [-0.05, 0) is 38.8 Å². The first kappa shape index (κ1) is 16.0. The Morgan fingerprint density at radius 1 is 1.11 bits per heavy atom. The molecule has 4 nitrogen and oxygen atoms in total. The first-order chi connectivity index (χ1) is 9.06. The van der Waals surface area contributed by atoms with Gasteiger partial charge in [-0.25, -0.2) is 0 Å². The molecule has 0 saturated heterocycles. The van der Waals surface area contributed by atoms with E-state index in [0.717, 1.165) is 11.1 Å². The lowest BCUT2D eigenvalue weighted by atomic mass is 10.0. The van der Waals surface area contributed by atoms with Gasteiger partial charge in [0.2, 0.25) is 0 Å². The van der Waals surface area contributed by atoms with Gasteiger partial charge in [-0.1, -0.05) is 12.1 Å². The number of rotatable bonds is 7. The van der Waals surface area contributed by atoms with Crippen LogP contribution in [-0.4, -0.2) is 31.7 Å². The number of aliphatic hydroxyl groups is 1. The molecule has 1 aromatic carbocycles. The Hall–Kier alpha value is -1.10. The van der Waals surface area contributed by atoms with E-state index in [4.69, 9.17) is 14.2 Å². The van der Waals surface area contributed by atoms with Crippen molar-refractivity contribution in [1.29, 1.82) is 0 Å². The van der Waals surface area contributed by atoms with E-state index >= 15 is 0 Å². The van der Waals surface area contributed by atoms with Crippen LogP contribution in [-0.2, 0) is 9.47 Å². The SMILES string of the molecule is CCOC(OCC)C(O)c1ccc(C)c(C)c1OC. The van der Waals surface area contributed by atoms with E-state index in [1.165, 1.54) is 0 Å². The number of aliphatic hydroxyl groups excluding tert-OH is 1. The van der Waals surface area contributed by atoms with E-state index in [0.29, 0.717) is 24.5 Å². The summed E-state index contributed by atoms with van der Waals surface area (Å²) in [6.07, 6.45) is -1.54. The largest absolute Gasteiger partial charge is 0.496 e. The molecule has 0 aliphatic carbocycles. The van der Waals surface area contributed by atoms with Crippen LogP contribution in [0.15, 0.2) is 12.1 Å². The van der Waals surface area contributed by atoms with Crippen LogP contribution in [0, 0.1) is 13.8 Å². The summed E-state index contributed by atoms with van der Waals surface area (Å²) in [5.74, 6) is 0.692. The van der Waals surface area contributed by atoms with Crippen LogP contribution in [0.4, 0.5) is 0 Å². The maximum Gasteiger partial charge on any atom is 0.187 e. The van der Waals surface area contributed by atoms with Crippen LogP contribution in [0.25, 0.3) is 0 Å². The number of aryl methyl sites for hydroxylation is 1. The van der Waals surface area contributed by atoms with Crippen LogP contribution in [0.1, 0.15) is 36.6 Å². The lowest BCUT2D eigenvalue weighted by Gasteiger charge is -2.25. The van der Waals surface area contributed by atoms with Gasteiger partial charge in [-0.3, -0.25) is 0 Å². The Labute approximate surface area is 115 Å². The number of hydrogen-bond acceptors (Lipinski definition) is 4. The molecule has 0 fully saturated rings. The van der Waals surface area contributed by atoms with Crippen LogP contribution in [0.5, 0.6) is 5.75 Å². The third-order valence-corrected chi connectivity index (χ3v) is 3.15. The molecule has 0 aliphatic rings. The van der Waals surface area contributed by atoms with E-state index in [-0.39, 0.29) is 0 Å². The summed E-state index contributed by atoms with van der Waals surface area (Å²) in [7, 11) is 1.61. The fourth-order valence-electron chi connectivity index (χ4n) is 2.02. The second-order valence-corrected chi connectivity index (χ2v) is 4.35. The van der Waals surface area contributed by atoms with Crippen molar-refractivity contribution in [1.82, 2.24) is 0 Å². The smallest absolute Gasteiger partial charge is 0.187 e. The number of benzene rings is 1. The van der Waals surface area contributed by atoms with Crippen molar-refractivity contribution in [3.05, 3.63) is 28.8 Å². The van der Waals surface area contributed by atoms with Gasteiger partial charge in [0.15, 0.2) is 6.29 Å². The molecular formula is C15H24O4. The molecule has 1 atom stereocenters. The third-order valence-electron chi connectivity index (χ3n) is 3.15. The molecule has 0 bridgehead atoms. The molecule has 0 radical (unpaired) electrons. The van der Waals surface area contributed by atoms with Crippen molar-refractivity contribution in [3.8, 4) is 5.75 Å². The summed E-state index contributed by atoms with van der Waals surface area (Å²) in [4.78, 5) is 0. The molecule has 0 spiro atoms. The predicted molar refractivity (Wildman–Crippen MR) is 74.5 cm³/mol. The van der Waals surface area contributed by atoms with E-state index in [2.05, 4.69) is 0 Å². The molecule has 108 valence electrons. The normalized spacial score (nSPS) is 12.8. The number of methoxy groups -OCH3 is 1. The maximum absolute atomic E-state index is 10.4. The highest BCUT2D eigenvalue weighted by atomic mass is 16.7. The molecule has 1 rings (SSSR count). The zero-order valence-electron chi connectivity index (χ0n) is 12.4. The average Bonchev–Trinajstić information content (AvgIpc) is 2.40. The van der Waals surface area contributed by atoms with Gasteiger partial charge < -0.3 is 19.3 Å². The van der Waals surface area contributed by atoms with Crippen molar-refractivity contribution >= 4 is 0 Å². The maximum atomic E-state index is 10.4. The molecule has 0 amide bonds. The Kier molecular flexibility index (Phi) is 6.28. The zero-order valence-corrected chi connectivity index (χ0v) is 12.4. The average molecular weight is 268 g/mol. The van der Waals surface area contributed by atoms with Gasteiger partial charge >= 0.3 is 0 Å². The molecule has 4 heteroatoms. The lowest BCUT2D eigenvalue weighted by molar-refractivity contribution is -0.191. The van der Waals surface area contributed by atoms with Gasteiger partial charge in [0.05, 0.1) is 7.11 Å². The molecule has 19 heavy (non-hydrogen) atoms. The van der Waals surface area contributed by atoms with Gasteiger partial charge in [-0.15, -0.1) is 0 Å². The molecule has 1 N–H and O–H groups in total. The molecule has 0 aliphatic heterocycles. The molecule has 1 unspecified atom stereocenters. The van der Waals surface area contributed by atoms with Crippen molar-refractivity contribution < 1.29 is 19.3 Å². The second-order valence-electron chi connectivity index (χ2n) is 4.35. The minimum atomic E-state index is -0.867. The van der Waals surface area contributed by atoms with E-state index < -0.39 is 12.4 Å². The first-order valence-electron chi connectivity index (χ1n) is 6.62. The van der Waals surface area contributed by atoms with Crippen LogP contribution in [0.3, 0.4) is 0 Å². The number of ether oxygens (including phenoxy) is 3. The first-order valence-corrected chi connectivity index (χ1v) is 6.62. The summed E-state index contributed by atoms with van der Waals surface area (Å²) in [5, 5.41) is 10.4. The molecule has 0 aromatic heterocycles. The monoisotopic (exact) mass is 268 g/mol. The number of hydrogen-bond donors (Lipinski definition) is 1. The molecule has 0 saturated carbocycles. The van der Waals surface area contributed by atoms with Crippen LogP contribution < -0.4 is 4.74 Å². The van der Waals surface area contributed by atoms with Gasteiger partial charge in [0.25, 0.3) is 0 Å². The fourth-order valence-corrected chi connectivity index (χ4v) is 2.02. The van der Waals surface area contributed by atoms with Crippen LogP contribution >= 0.6 is 0 Å². The van der Waals surface area contributed by atoms with Gasteiger partial charge in [0.1, 0.15) is 11.9 Å². The van der Waals surface area contributed by atoms with Crippen LogP contribution in [0.2, 0.25) is 0 Å². The Balaban J connectivity index is 3.09. The minimum absolute atomic E-state index is 0.481. The standard InChI is InChI=1S/C15H24O4/c1-6-18-15(19-7-2)13(16)12-9-8-10(3)11(4)14(12)17-5/h8-9,13,15-16H,6-7H2,1-5H3. The molecule has 0 heterocycles. The summed E-state index contributed by atoms with van der Waals surface area (Å²) in [5.41, 5.74) is 2.83. The third kappa shape index (κ3) is 3.69. The highest BCUT2D eigenvalue weighted by molar-refractivity contribution is 5.46. The van der Waals surface area contributed by atoms with Crippen molar-refractivity contribution in [2.45, 2.75) is 40.1 Å². The van der Waals surface area contributed by atoms with Crippen molar-refractivity contribution in [2.24, 2.45) is 0 Å². The Morgan fingerprint density at radius 3 is 2.16 bits per heavy atom. The second kappa shape index (κ2) is 7.48. The van der Waals surface area contributed by atoms with E-state index in [1.54, 1.807) is 7.11 Å². The Morgan fingerprint density at radius 2 is 1.68 bits per heavy atom. The minimum Gasteiger partial charge on any atom is -0.496 e. The highest BCUT2D eigenvalue weighted by Crippen LogP contribution is 2.33. The summed E-state index contributed by atoms with van der Waals surface area (Å²) in [6, 6.07) is 3.82. The molecular weight excluding hydrogens is 244 g/mol. The fraction of sp³-hybridized carbons (Fsp3) is 0.600. The van der Waals surface area contributed by atoms with Crippen molar-refractivity contribution in [2.75, 3.05) is 20.3 Å². The topological polar surface area (TPSA) is 47.9 Å². The molecule has 1 aromatic rings. The summed E-state index contributed by atoms with van der Waals surface area (Å²) in [6.45, 7) is 8.69. The Bertz CT molecular complexity index is 397. The highest BCUT2D eigenvalue weighted by Gasteiger charge is 2.25. The zero-order chi connectivity index (χ0) is 14.4. The van der Waals surface area contributed by atoms with Crippen molar-refractivity contribution in [3.63, 3.8) is 0 Å². The summed E-state index contributed by atoms with van der Waals surface area (Å²) >= 11 is 0. The lowest BCUT2D eigenvalue weighted by Crippen LogP contribution is -2.26. The summed E-state index contributed by atoms with van der Waals surface area (Å²) < 4.78 is 16.3. The van der Waals surface area contributed by atoms with Gasteiger partial charge in [0, 0.05) is 18.8 Å². The quantitative estimate of drug-likeness (QED) is 0.772. The van der Waals surface area contributed by atoms with E-state index in [9.17, 15) is 5.11 Å². The van der Waals surface area contributed by atoms with Gasteiger partial charge in [-0.2, -0.15) is 0 Å². The van der Waals surface area contributed by atoms with E-state index in [1.807, 2.05) is 39.8 Å². The predicted octanol–water partition coefficient (Wildman–Crippen LogP) is 2.74.